The van der Waals surface area contributed by atoms with Crippen molar-refractivity contribution in [2.75, 3.05) is 7.11 Å². The molecule has 24 heavy (non-hydrogen) atoms. The van der Waals surface area contributed by atoms with Crippen molar-refractivity contribution in [2.45, 2.75) is 76.9 Å². The minimum atomic E-state index is -2.51. The van der Waals surface area contributed by atoms with Gasteiger partial charge in [0.05, 0.1) is 6.10 Å². The van der Waals surface area contributed by atoms with Gasteiger partial charge in [-0.15, -0.1) is 0 Å². The fourth-order valence-corrected chi connectivity index (χ4v) is 8.70. The Hall–Kier alpha value is -0.643. The van der Waals surface area contributed by atoms with Crippen molar-refractivity contribution in [1.29, 1.82) is 0 Å². The molecule has 1 aromatic carbocycles. The third kappa shape index (κ3) is 3.36. The lowest BCUT2D eigenvalue weighted by Gasteiger charge is -2.48. The Morgan fingerprint density at radius 3 is 2.25 bits per heavy atom. The molecule has 3 rings (SSSR count). The topological polar surface area (TPSA) is 18.5 Å². The van der Waals surface area contributed by atoms with Gasteiger partial charge in [0.25, 0.3) is 0 Å². The van der Waals surface area contributed by atoms with Gasteiger partial charge in [-0.1, -0.05) is 76.8 Å². The molecule has 0 radical (unpaired) electrons. The van der Waals surface area contributed by atoms with E-state index in [-0.39, 0.29) is 5.04 Å². The van der Waals surface area contributed by atoms with E-state index in [4.69, 9.17) is 8.85 Å². The monoisotopic (exact) mass is 346 g/mol. The van der Waals surface area contributed by atoms with E-state index in [1.165, 1.54) is 50.1 Å². The van der Waals surface area contributed by atoms with Crippen LogP contribution in [0.3, 0.4) is 0 Å². The van der Waals surface area contributed by atoms with Gasteiger partial charge in [-0.2, -0.15) is 0 Å². The van der Waals surface area contributed by atoms with Crippen LogP contribution in [0, 0.1) is 11.8 Å². The lowest BCUT2D eigenvalue weighted by Crippen LogP contribution is -2.62. The lowest BCUT2D eigenvalue weighted by molar-refractivity contribution is 0.00140. The van der Waals surface area contributed by atoms with Gasteiger partial charge in [0, 0.05) is 12.1 Å². The second kappa shape index (κ2) is 7.31. The van der Waals surface area contributed by atoms with E-state index >= 15 is 0 Å². The normalized spacial score (nSPS) is 30.4. The van der Waals surface area contributed by atoms with Crippen LogP contribution in [0.1, 0.15) is 65.7 Å². The van der Waals surface area contributed by atoms with Crippen LogP contribution in [0.15, 0.2) is 30.3 Å². The molecule has 1 unspecified atom stereocenters. The van der Waals surface area contributed by atoms with Crippen LogP contribution >= 0.6 is 0 Å². The van der Waals surface area contributed by atoms with Crippen molar-refractivity contribution in [1.82, 2.24) is 0 Å². The van der Waals surface area contributed by atoms with E-state index in [0.29, 0.717) is 6.10 Å². The predicted octanol–water partition coefficient (Wildman–Crippen LogP) is 5.16. The molecule has 0 spiro atoms. The third-order valence-electron chi connectivity index (χ3n) is 6.25. The van der Waals surface area contributed by atoms with Crippen LogP contribution in [0.2, 0.25) is 5.04 Å². The Labute approximate surface area is 149 Å². The molecule has 0 amide bonds. The highest BCUT2D eigenvalue weighted by Gasteiger charge is 2.53. The van der Waals surface area contributed by atoms with Crippen molar-refractivity contribution in [3.8, 4) is 0 Å². The van der Waals surface area contributed by atoms with E-state index in [1.54, 1.807) is 0 Å². The smallest absolute Gasteiger partial charge is 0.378 e. The van der Waals surface area contributed by atoms with Crippen LogP contribution in [-0.4, -0.2) is 21.8 Å². The molecule has 2 nitrogen and oxygen atoms in total. The Kier molecular flexibility index (Phi) is 5.53. The number of benzene rings is 1. The van der Waals surface area contributed by atoms with Crippen LogP contribution in [0.4, 0.5) is 0 Å². The molecule has 0 heterocycles. The number of rotatable bonds is 4. The summed E-state index contributed by atoms with van der Waals surface area (Å²) in [6, 6.07) is 10.7. The first-order valence-corrected chi connectivity index (χ1v) is 11.6. The van der Waals surface area contributed by atoms with Gasteiger partial charge in [0.15, 0.2) is 0 Å². The summed E-state index contributed by atoms with van der Waals surface area (Å²) >= 11 is 0. The molecule has 2 aliphatic rings. The fourth-order valence-electron chi connectivity index (χ4n) is 5.05. The maximum atomic E-state index is 7.06. The molecular weight excluding hydrogens is 312 g/mol. The molecule has 0 aliphatic heterocycles. The predicted molar refractivity (Wildman–Crippen MR) is 103 cm³/mol. The molecule has 3 heteroatoms. The number of hydrogen-bond acceptors (Lipinski definition) is 2. The van der Waals surface area contributed by atoms with Gasteiger partial charge in [-0.25, -0.2) is 0 Å². The quantitative estimate of drug-likeness (QED) is 0.701. The van der Waals surface area contributed by atoms with Crippen molar-refractivity contribution < 1.29 is 8.85 Å². The van der Waals surface area contributed by atoms with Gasteiger partial charge in [0.1, 0.15) is 0 Å². The summed E-state index contributed by atoms with van der Waals surface area (Å²) < 4.78 is 13.4. The van der Waals surface area contributed by atoms with Crippen molar-refractivity contribution in [3.63, 3.8) is 0 Å². The summed E-state index contributed by atoms with van der Waals surface area (Å²) in [5, 5.41) is 1.28. The van der Waals surface area contributed by atoms with Crippen LogP contribution in [0.5, 0.6) is 0 Å². The molecule has 4 atom stereocenters. The van der Waals surface area contributed by atoms with Crippen molar-refractivity contribution >= 4 is 13.7 Å². The highest BCUT2D eigenvalue weighted by molar-refractivity contribution is 6.83. The van der Waals surface area contributed by atoms with E-state index < -0.39 is 8.56 Å². The maximum absolute atomic E-state index is 7.06. The second-order valence-corrected chi connectivity index (χ2v) is 12.7. The van der Waals surface area contributed by atoms with E-state index in [9.17, 15) is 0 Å². The SMILES string of the molecule is CO[Si](O[C@H]1CCC[C@H]2CCCC[C@@H]21)(c1ccccc1)C(C)(C)C. The van der Waals surface area contributed by atoms with Gasteiger partial charge >= 0.3 is 8.56 Å². The highest BCUT2D eigenvalue weighted by atomic mass is 28.4. The first-order chi connectivity index (χ1) is 11.5. The van der Waals surface area contributed by atoms with Gasteiger partial charge in [-0.3, -0.25) is 0 Å². The highest BCUT2D eigenvalue weighted by Crippen LogP contribution is 2.45. The number of fused-ring (bicyclic) bond motifs is 1. The van der Waals surface area contributed by atoms with Crippen LogP contribution in [0.25, 0.3) is 0 Å². The Morgan fingerprint density at radius 1 is 0.917 bits per heavy atom. The zero-order valence-corrected chi connectivity index (χ0v) is 16.9. The molecule has 0 saturated heterocycles. The Morgan fingerprint density at radius 2 is 1.58 bits per heavy atom. The standard InChI is InChI=1S/C21H34O2Si/c1-21(2,3)24(22-4,18-13-6-5-7-14-18)23-20-16-10-12-17-11-8-9-15-19(17)20/h5-7,13-14,17,19-20H,8-12,15-16H2,1-4H3/t17-,19+,20+,24?/m1/s1. The zero-order valence-electron chi connectivity index (χ0n) is 15.9. The summed E-state index contributed by atoms with van der Waals surface area (Å²) in [5.41, 5.74) is 0. The summed E-state index contributed by atoms with van der Waals surface area (Å²) in [6.45, 7) is 6.87. The third-order valence-corrected chi connectivity index (χ3v) is 10.5. The molecule has 1 aromatic rings. The van der Waals surface area contributed by atoms with E-state index in [1.807, 2.05) is 7.11 Å². The molecule has 0 bridgehead atoms. The van der Waals surface area contributed by atoms with Crippen LogP contribution in [-0.2, 0) is 8.85 Å². The van der Waals surface area contributed by atoms with Crippen molar-refractivity contribution in [2.24, 2.45) is 11.8 Å². The minimum absolute atomic E-state index is 0.00468. The molecule has 0 N–H and O–H groups in total. The van der Waals surface area contributed by atoms with Gasteiger partial charge in [0.2, 0.25) is 0 Å². The Balaban J connectivity index is 1.92. The fraction of sp³-hybridized carbons (Fsp3) is 0.714. The number of hydrogen-bond donors (Lipinski definition) is 0. The van der Waals surface area contributed by atoms with Gasteiger partial charge in [-0.05, 0) is 36.3 Å². The largest absolute Gasteiger partial charge is 0.394 e. The molecule has 2 aliphatic carbocycles. The first kappa shape index (κ1) is 18.2. The zero-order chi connectivity index (χ0) is 17.2. The molecule has 0 aromatic heterocycles. The van der Waals surface area contributed by atoms with Crippen LogP contribution < -0.4 is 5.19 Å². The summed E-state index contributed by atoms with van der Waals surface area (Å²) in [6.07, 6.45) is 9.88. The van der Waals surface area contributed by atoms with E-state index in [0.717, 1.165) is 11.8 Å². The average molecular weight is 347 g/mol. The maximum Gasteiger partial charge on any atom is 0.378 e. The summed E-state index contributed by atoms with van der Waals surface area (Å²) in [4.78, 5) is 0. The molecule has 2 saturated carbocycles. The minimum Gasteiger partial charge on any atom is -0.394 e. The van der Waals surface area contributed by atoms with Crippen molar-refractivity contribution in [3.05, 3.63) is 30.3 Å². The summed E-state index contributed by atoms with van der Waals surface area (Å²) in [7, 11) is -0.644. The van der Waals surface area contributed by atoms with Gasteiger partial charge < -0.3 is 8.85 Å². The molecule has 134 valence electrons. The lowest BCUT2D eigenvalue weighted by atomic mass is 9.69. The average Bonchev–Trinajstić information content (AvgIpc) is 2.59. The first-order valence-electron chi connectivity index (χ1n) is 9.76. The molecular formula is C21H34O2Si. The second-order valence-electron chi connectivity index (χ2n) is 8.73. The van der Waals surface area contributed by atoms with E-state index in [2.05, 4.69) is 51.1 Å². The summed E-state index contributed by atoms with van der Waals surface area (Å²) in [5.74, 6) is 1.64. The Bertz CT molecular complexity index is 522. The molecule has 2 fully saturated rings.